The minimum atomic E-state index is -0.237. The number of hydrogen-bond acceptors (Lipinski definition) is 4. The molecule has 0 saturated carbocycles. The number of carbonyl (C=O) groups excluding carboxylic acids is 1. The maximum atomic E-state index is 11.3. The summed E-state index contributed by atoms with van der Waals surface area (Å²) < 4.78 is 0. The van der Waals surface area contributed by atoms with E-state index in [1.54, 1.807) is 6.07 Å². The van der Waals surface area contributed by atoms with Crippen molar-refractivity contribution < 1.29 is 4.79 Å². The summed E-state index contributed by atoms with van der Waals surface area (Å²) in [5.74, 6) is 0.271. The Kier molecular flexibility index (Phi) is 8.65. The van der Waals surface area contributed by atoms with Crippen LogP contribution in [0, 0.1) is 0 Å². The number of likely N-dealkylation sites (tertiary alicyclic amines) is 2. The van der Waals surface area contributed by atoms with E-state index in [4.69, 9.17) is 40.5 Å². The van der Waals surface area contributed by atoms with Gasteiger partial charge in [0.15, 0.2) is 0 Å². The summed E-state index contributed by atoms with van der Waals surface area (Å²) in [7, 11) is 0. The lowest BCUT2D eigenvalue weighted by Crippen LogP contribution is -2.51. The Balaban J connectivity index is 1.37. The number of nitrogens with one attached hydrogen (secondary N) is 1. The Morgan fingerprint density at radius 1 is 1.06 bits per heavy atom. The molecule has 0 spiro atoms. The molecule has 1 amide bonds. The second-order valence-corrected chi connectivity index (χ2v) is 10.8. The molecule has 2 aliphatic rings. The molecule has 3 N–H and O–H groups in total. The van der Waals surface area contributed by atoms with Crippen molar-refractivity contribution in [2.45, 2.75) is 50.6 Å². The predicted molar refractivity (Wildman–Crippen MR) is 142 cm³/mol. The van der Waals surface area contributed by atoms with Crippen molar-refractivity contribution in [2.24, 2.45) is 5.73 Å². The summed E-state index contributed by atoms with van der Waals surface area (Å²) in [6, 6.07) is 12.4. The Morgan fingerprint density at radius 3 is 2.53 bits per heavy atom. The molecule has 2 aromatic carbocycles. The molecule has 2 heterocycles. The lowest BCUT2D eigenvalue weighted by molar-refractivity contribution is -0.119. The Labute approximate surface area is 217 Å². The summed E-state index contributed by atoms with van der Waals surface area (Å²) in [5, 5.41) is 5.51. The fraction of sp³-hybridized carbons (Fsp3) is 0.500. The van der Waals surface area contributed by atoms with E-state index in [9.17, 15) is 4.79 Å². The first-order valence-corrected chi connectivity index (χ1v) is 13.2. The van der Waals surface area contributed by atoms with Gasteiger partial charge in [0.25, 0.3) is 0 Å². The van der Waals surface area contributed by atoms with Gasteiger partial charge in [-0.15, -0.1) is 0 Å². The van der Waals surface area contributed by atoms with Crippen LogP contribution in [0.15, 0.2) is 36.4 Å². The second-order valence-electron chi connectivity index (χ2n) is 9.58. The van der Waals surface area contributed by atoms with Crippen LogP contribution in [0.25, 0.3) is 0 Å². The second kappa shape index (κ2) is 11.5. The molecule has 4 rings (SSSR count). The van der Waals surface area contributed by atoms with E-state index < -0.39 is 0 Å². The van der Waals surface area contributed by atoms with Gasteiger partial charge >= 0.3 is 0 Å². The molecule has 0 bridgehead atoms. The maximum absolute atomic E-state index is 11.3. The van der Waals surface area contributed by atoms with Gasteiger partial charge in [0.05, 0.1) is 23.3 Å². The average molecular weight is 524 g/mol. The molecule has 2 unspecified atom stereocenters. The lowest BCUT2D eigenvalue weighted by atomic mass is 9.88. The number of halogens is 3. The molecular weight excluding hydrogens is 491 g/mol. The number of anilines is 1. The van der Waals surface area contributed by atoms with Gasteiger partial charge in [-0.2, -0.15) is 0 Å². The number of amides is 1. The fourth-order valence-electron chi connectivity index (χ4n) is 5.36. The molecule has 34 heavy (non-hydrogen) atoms. The van der Waals surface area contributed by atoms with E-state index in [0.29, 0.717) is 33.6 Å². The smallest absolute Gasteiger partial charge is 0.231 e. The fourth-order valence-corrected chi connectivity index (χ4v) is 6.11. The Morgan fingerprint density at radius 2 is 1.82 bits per heavy atom. The number of primary amides is 1. The molecule has 8 heteroatoms. The minimum Gasteiger partial charge on any atom is -0.377 e. The Hall–Kier alpha value is -1.50. The van der Waals surface area contributed by atoms with Crippen LogP contribution in [0.1, 0.15) is 55.7 Å². The van der Waals surface area contributed by atoms with Crippen molar-refractivity contribution in [3.8, 4) is 0 Å². The highest BCUT2D eigenvalue weighted by molar-refractivity contribution is 6.35. The standard InChI is InChI=1S/C26H33Cl3N4O/c1-17(22-6-5-20(27)14-24(22)29)31-25-13-19(4-7-23(25)28)18-8-11-33(12-9-18)21-3-2-10-32(15-21)16-26(30)34/h4-7,13-14,17-18,21,31H,2-3,8-12,15-16H2,1H3,(H2,30,34). The van der Waals surface area contributed by atoms with Crippen LogP contribution in [0.5, 0.6) is 0 Å². The lowest BCUT2D eigenvalue weighted by Gasteiger charge is -2.42. The van der Waals surface area contributed by atoms with Crippen LogP contribution in [-0.2, 0) is 4.79 Å². The van der Waals surface area contributed by atoms with Crippen LogP contribution in [0.3, 0.4) is 0 Å². The van der Waals surface area contributed by atoms with Crippen molar-refractivity contribution in [2.75, 3.05) is 38.0 Å². The van der Waals surface area contributed by atoms with Crippen molar-refractivity contribution in [3.63, 3.8) is 0 Å². The topological polar surface area (TPSA) is 61.6 Å². The molecular formula is C26H33Cl3N4O. The first-order chi connectivity index (χ1) is 16.3. The van der Waals surface area contributed by atoms with Crippen LogP contribution in [0.4, 0.5) is 5.69 Å². The van der Waals surface area contributed by atoms with E-state index in [1.807, 2.05) is 18.2 Å². The number of piperidine rings is 2. The van der Waals surface area contributed by atoms with Gasteiger partial charge in [0.1, 0.15) is 0 Å². The Bertz CT molecular complexity index is 1010. The number of rotatable bonds is 7. The summed E-state index contributed by atoms with van der Waals surface area (Å²) >= 11 is 19.0. The van der Waals surface area contributed by atoms with Crippen LogP contribution >= 0.6 is 34.8 Å². The highest BCUT2D eigenvalue weighted by atomic mass is 35.5. The van der Waals surface area contributed by atoms with E-state index >= 15 is 0 Å². The quantitative estimate of drug-likeness (QED) is 0.471. The normalized spacial score (nSPS) is 21.4. The molecule has 0 aliphatic carbocycles. The zero-order valence-electron chi connectivity index (χ0n) is 19.6. The van der Waals surface area contributed by atoms with Crippen LogP contribution < -0.4 is 11.1 Å². The molecule has 2 aliphatic heterocycles. The zero-order chi connectivity index (χ0) is 24.2. The van der Waals surface area contributed by atoms with Gasteiger partial charge in [-0.1, -0.05) is 46.9 Å². The SMILES string of the molecule is CC(Nc1cc(C2CCN(C3CCCN(CC(N)=O)C3)CC2)ccc1Cl)c1ccc(Cl)cc1Cl. The van der Waals surface area contributed by atoms with Crippen LogP contribution in [0.2, 0.25) is 15.1 Å². The minimum absolute atomic E-state index is 0.00554. The van der Waals surface area contributed by atoms with Crippen molar-refractivity contribution in [1.29, 1.82) is 0 Å². The van der Waals surface area contributed by atoms with Gasteiger partial charge in [-0.05, 0) is 93.6 Å². The molecule has 2 atom stereocenters. The van der Waals surface area contributed by atoms with E-state index in [-0.39, 0.29) is 11.9 Å². The first kappa shape index (κ1) is 25.6. The third-order valence-electron chi connectivity index (χ3n) is 7.17. The van der Waals surface area contributed by atoms with Crippen LogP contribution in [-0.4, -0.2) is 54.5 Å². The van der Waals surface area contributed by atoms with E-state index in [1.165, 1.54) is 12.0 Å². The highest BCUT2D eigenvalue weighted by Crippen LogP contribution is 2.36. The van der Waals surface area contributed by atoms with Gasteiger partial charge in [-0.3, -0.25) is 14.6 Å². The molecule has 2 aromatic rings. The average Bonchev–Trinajstić information content (AvgIpc) is 2.80. The molecule has 2 fully saturated rings. The molecule has 2 saturated heterocycles. The molecule has 5 nitrogen and oxygen atoms in total. The number of hydrogen-bond donors (Lipinski definition) is 2. The largest absolute Gasteiger partial charge is 0.377 e. The summed E-state index contributed by atoms with van der Waals surface area (Å²) in [6.07, 6.45) is 4.55. The van der Waals surface area contributed by atoms with Gasteiger partial charge < -0.3 is 11.1 Å². The highest BCUT2D eigenvalue weighted by Gasteiger charge is 2.30. The van der Waals surface area contributed by atoms with Gasteiger partial charge in [-0.25, -0.2) is 0 Å². The first-order valence-electron chi connectivity index (χ1n) is 12.1. The number of nitrogens with two attached hydrogens (primary N) is 1. The van der Waals surface area contributed by atoms with Crippen molar-refractivity contribution in [3.05, 3.63) is 62.6 Å². The summed E-state index contributed by atoms with van der Waals surface area (Å²) in [6.45, 7) is 6.49. The third kappa shape index (κ3) is 6.38. The summed E-state index contributed by atoms with van der Waals surface area (Å²) in [4.78, 5) is 16.1. The number of benzene rings is 2. The van der Waals surface area contributed by atoms with Gasteiger partial charge in [0, 0.05) is 22.6 Å². The monoisotopic (exact) mass is 522 g/mol. The molecule has 0 radical (unpaired) electrons. The zero-order valence-corrected chi connectivity index (χ0v) is 21.8. The maximum Gasteiger partial charge on any atom is 0.231 e. The van der Waals surface area contributed by atoms with Gasteiger partial charge in [0.2, 0.25) is 5.91 Å². The van der Waals surface area contributed by atoms with E-state index in [2.05, 4.69) is 34.2 Å². The van der Waals surface area contributed by atoms with Crippen molar-refractivity contribution >= 4 is 46.4 Å². The third-order valence-corrected chi connectivity index (χ3v) is 8.06. The summed E-state index contributed by atoms with van der Waals surface area (Å²) in [5.41, 5.74) is 8.64. The molecule has 0 aromatic heterocycles. The van der Waals surface area contributed by atoms with Crippen molar-refractivity contribution in [1.82, 2.24) is 9.80 Å². The molecule has 184 valence electrons. The van der Waals surface area contributed by atoms with E-state index in [0.717, 1.165) is 56.7 Å². The predicted octanol–water partition coefficient (Wildman–Crippen LogP) is 5.95. The number of nitrogens with zero attached hydrogens (tertiary/aromatic N) is 2. The number of carbonyl (C=O) groups is 1.